The van der Waals surface area contributed by atoms with Crippen molar-refractivity contribution in [3.05, 3.63) is 71.0 Å². The molecule has 0 radical (unpaired) electrons. The Morgan fingerprint density at radius 2 is 1.85 bits per heavy atom. The molecule has 0 spiro atoms. The minimum absolute atomic E-state index is 0.0316. The first-order chi connectivity index (χ1) is 13.1. The van der Waals surface area contributed by atoms with Crippen LogP contribution in [-0.4, -0.2) is 26.4 Å². The topological polar surface area (TPSA) is 59.8 Å². The summed E-state index contributed by atoms with van der Waals surface area (Å²) in [5, 5.41) is 12.2. The smallest absolute Gasteiger partial charge is 0.234 e. The van der Waals surface area contributed by atoms with E-state index < -0.39 is 0 Å². The van der Waals surface area contributed by atoms with E-state index in [9.17, 15) is 4.79 Å². The molecule has 0 aliphatic rings. The molecule has 3 aromatic rings. The van der Waals surface area contributed by atoms with Crippen molar-refractivity contribution in [1.82, 2.24) is 14.8 Å². The number of nitrogens with zero attached hydrogens (tertiary/aromatic N) is 3. The molecule has 0 bridgehead atoms. The fourth-order valence-corrected chi connectivity index (χ4v) is 3.71. The summed E-state index contributed by atoms with van der Waals surface area (Å²) >= 11 is 1.41. The van der Waals surface area contributed by atoms with Crippen LogP contribution in [0.3, 0.4) is 0 Å². The van der Waals surface area contributed by atoms with E-state index in [1.165, 1.54) is 17.3 Å². The Morgan fingerprint density at radius 1 is 1.07 bits per heavy atom. The Morgan fingerprint density at radius 3 is 2.59 bits per heavy atom. The van der Waals surface area contributed by atoms with E-state index in [1.54, 1.807) is 0 Å². The van der Waals surface area contributed by atoms with Crippen LogP contribution < -0.4 is 5.32 Å². The number of carbonyl (C=O) groups is 1. The summed E-state index contributed by atoms with van der Waals surface area (Å²) in [5.41, 5.74) is 4.33. The van der Waals surface area contributed by atoms with E-state index >= 15 is 0 Å². The van der Waals surface area contributed by atoms with Gasteiger partial charge >= 0.3 is 0 Å². The fourth-order valence-electron chi connectivity index (χ4n) is 2.92. The third-order valence-corrected chi connectivity index (χ3v) is 5.39. The second-order valence-electron chi connectivity index (χ2n) is 6.40. The molecule has 0 saturated heterocycles. The van der Waals surface area contributed by atoms with Gasteiger partial charge < -0.3 is 9.88 Å². The highest BCUT2D eigenvalue weighted by molar-refractivity contribution is 7.99. The van der Waals surface area contributed by atoms with Crippen molar-refractivity contribution in [2.45, 2.75) is 38.9 Å². The first-order valence-corrected chi connectivity index (χ1v) is 10.0. The van der Waals surface area contributed by atoms with Gasteiger partial charge in [-0.25, -0.2) is 0 Å². The molecule has 0 unspecified atom stereocenters. The zero-order valence-corrected chi connectivity index (χ0v) is 16.7. The molecule has 0 atom stereocenters. The number of amides is 1. The monoisotopic (exact) mass is 380 g/mol. The summed E-state index contributed by atoms with van der Waals surface area (Å²) < 4.78 is 2.04. The van der Waals surface area contributed by atoms with Gasteiger partial charge in [0.2, 0.25) is 5.91 Å². The van der Waals surface area contributed by atoms with E-state index in [2.05, 4.69) is 40.6 Å². The standard InChI is InChI=1S/C21H24N4OS/c1-4-18-12-8-9-15(2)20(18)22-19(26)14-27-21-24-23-16(3)25(21)13-17-10-6-5-7-11-17/h5-12H,4,13-14H2,1-3H3,(H,22,26). The number of rotatable bonds is 7. The zero-order chi connectivity index (χ0) is 19.2. The second kappa shape index (κ2) is 8.86. The van der Waals surface area contributed by atoms with Gasteiger partial charge in [0.25, 0.3) is 0 Å². The molecular weight excluding hydrogens is 356 g/mol. The molecule has 6 heteroatoms. The van der Waals surface area contributed by atoms with Gasteiger partial charge in [0, 0.05) is 5.69 Å². The van der Waals surface area contributed by atoms with Crippen molar-refractivity contribution >= 4 is 23.4 Å². The number of nitrogens with one attached hydrogen (secondary N) is 1. The number of para-hydroxylation sites is 1. The van der Waals surface area contributed by atoms with Crippen LogP contribution in [0.2, 0.25) is 0 Å². The maximum atomic E-state index is 12.5. The summed E-state index contributed by atoms with van der Waals surface area (Å²) in [7, 11) is 0. The number of hydrogen-bond acceptors (Lipinski definition) is 4. The Hall–Kier alpha value is -2.60. The lowest BCUT2D eigenvalue weighted by atomic mass is 10.1. The van der Waals surface area contributed by atoms with Gasteiger partial charge in [-0.15, -0.1) is 10.2 Å². The maximum absolute atomic E-state index is 12.5. The Kier molecular flexibility index (Phi) is 6.29. The van der Waals surface area contributed by atoms with Gasteiger partial charge in [0.1, 0.15) is 5.82 Å². The first kappa shape index (κ1) is 19.2. The molecule has 1 N–H and O–H groups in total. The van der Waals surface area contributed by atoms with Crippen molar-refractivity contribution < 1.29 is 4.79 Å². The highest BCUT2D eigenvalue weighted by Gasteiger charge is 2.14. The SMILES string of the molecule is CCc1cccc(C)c1NC(=O)CSc1nnc(C)n1Cc1ccccc1. The van der Waals surface area contributed by atoms with E-state index in [0.717, 1.165) is 34.2 Å². The lowest BCUT2D eigenvalue weighted by molar-refractivity contribution is -0.113. The number of benzene rings is 2. The molecule has 1 aromatic heterocycles. The first-order valence-electron chi connectivity index (χ1n) is 9.03. The van der Waals surface area contributed by atoms with Gasteiger partial charge in [-0.05, 0) is 37.0 Å². The van der Waals surface area contributed by atoms with E-state index in [4.69, 9.17) is 0 Å². The van der Waals surface area contributed by atoms with E-state index in [-0.39, 0.29) is 5.91 Å². The lowest BCUT2D eigenvalue weighted by Gasteiger charge is -2.13. The average Bonchev–Trinajstić information content (AvgIpc) is 3.02. The minimum atomic E-state index is -0.0316. The van der Waals surface area contributed by atoms with E-state index in [0.29, 0.717) is 12.3 Å². The van der Waals surface area contributed by atoms with Crippen molar-refractivity contribution in [3.8, 4) is 0 Å². The molecule has 0 aliphatic carbocycles. The molecule has 0 fully saturated rings. The molecular formula is C21H24N4OS. The Balaban J connectivity index is 1.66. The number of aryl methyl sites for hydroxylation is 3. The van der Waals surface area contributed by atoms with Crippen molar-refractivity contribution in [3.63, 3.8) is 0 Å². The van der Waals surface area contributed by atoms with Crippen LogP contribution in [0.15, 0.2) is 53.7 Å². The number of carbonyl (C=O) groups excluding carboxylic acids is 1. The number of thioether (sulfide) groups is 1. The van der Waals surface area contributed by atoms with Gasteiger partial charge in [-0.3, -0.25) is 4.79 Å². The van der Waals surface area contributed by atoms with Crippen molar-refractivity contribution in [2.24, 2.45) is 0 Å². The van der Waals surface area contributed by atoms with Crippen LogP contribution in [0.5, 0.6) is 0 Å². The highest BCUT2D eigenvalue weighted by Crippen LogP contribution is 2.23. The van der Waals surface area contributed by atoms with Crippen LogP contribution in [0.1, 0.15) is 29.4 Å². The fraction of sp³-hybridized carbons (Fsp3) is 0.286. The van der Waals surface area contributed by atoms with Crippen LogP contribution >= 0.6 is 11.8 Å². The van der Waals surface area contributed by atoms with Crippen LogP contribution in [0, 0.1) is 13.8 Å². The molecule has 27 heavy (non-hydrogen) atoms. The number of aromatic nitrogens is 3. The Bertz CT molecular complexity index is 921. The summed E-state index contributed by atoms with van der Waals surface area (Å²) in [6.45, 7) is 6.73. The molecule has 5 nitrogen and oxygen atoms in total. The number of hydrogen-bond donors (Lipinski definition) is 1. The number of anilines is 1. The average molecular weight is 381 g/mol. The summed E-state index contributed by atoms with van der Waals surface area (Å²) in [6.07, 6.45) is 0.884. The molecule has 0 saturated carbocycles. The predicted octanol–water partition coefficient (Wildman–Crippen LogP) is 4.24. The summed E-state index contributed by atoms with van der Waals surface area (Å²) in [4.78, 5) is 12.5. The largest absolute Gasteiger partial charge is 0.325 e. The molecule has 1 amide bonds. The van der Waals surface area contributed by atoms with Crippen molar-refractivity contribution in [2.75, 3.05) is 11.1 Å². The Labute approximate surface area is 164 Å². The molecule has 1 heterocycles. The minimum Gasteiger partial charge on any atom is -0.325 e. The maximum Gasteiger partial charge on any atom is 0.234 e. The van der Waals surface area contributed by atoms with Crippen molar-refractivity contribution in [1.29, 1.82) is 0 Å². The van der Waals surface area contributed by atoms with Crippen LogP contribution in [0.4, 0.5) is 5.69 Å². The van der Waals surface area contributed by atoms with Gasteiger partial charge in [0.05, 0.1) is 12.3 Å². The quantitative estimate of drug-likeness (QED) is 0.623. The normalized spacial score (nSPS) is 10.8. The van der Waals surface area contributed by atoms with Gasteiger partial charge in [0.15, 0.2) is 5.16 Å². The van der Waals surface area contributed by atoms with E-state index in [1.807, 2.05) is 48.7 Å². The zero-order valence-electron chi connectivity index (χ0n) is 15.9. The molecule has 0 aliphatic heterocycles. The van der Waals surface area contributed by atoms with Crippen LogP contribution in [-0.2, 0) is 17.8 Å². The molecule has 2 aromatic carbocycles. The second-order valence-corrected chi connectivity index (χ2v) is 7.34. The summed E-state index contributed by atoms with van der Waals surface area (Å²) in [6, 6.07) is 16.3. The third kappa shape index (κ3) is 4.77. The molecule has 140 valence electrons. The highest BCUT2D eigenvalue weighted by atomic mass is 32.2. The van der Waals surface area contributed by atoms with Gasteiger partial charge in [-0.1, -0.05) is 67.2 Å². The molecule has 3 rings (SSSR count). The van der Waals surface area contributed by atoms with Crippen LogP contribution in [0.25, 0.3) is 0 Å². The third-order valence-electron chi connectivity index (χ3n) is 4.42. The lowest BCUT2D eigenvalue weighted by Crippen LogP contribution is -2.17. The summed E-state index contributed by atoms with van der Waals surface area (Å²) in [5.74, 6) is 1.11. The predicted molar refractivity (Wildman–Crippen MR) is 110 cm³/mol. The van der Waals surface area contributed by atoms with Gasteiger partial charge in [-0.2, -0.15) is 0 Å².